The average molecular weight is 263 g/mol. The molecule has 1 saturated carbocycles. The van der Waals surface area contributed by atoms with E-state index in [1.54, 1.807) is 0 Å². The first-order chi connectivity index (χ1) is 9.03. The molecule has 19 heavy (non-hydrogen) atoms. The van der Waals surface area contributed by atoms with Crippen molar-refractivity contribution in [2.45, 2.75) is 37.6 Å². The third kappa shape index (κ3) is 2.83. The summed E-state index contributed by atoms with van der Waals surface area (Å²) in [7, 11) is 0. The van der Waals surface area contributed by atoms with Crippen LogP contribution in [-0.4, -0.2) is 22.3 Å². The Hall–Kier alpha value is -2.11. The minimum absolute atomic E-state index is 0.138. The summed E-state index contributed by atoms with van der Waals surface area (Å²) in [4.78, 5) is 37.3. The van der Waals surface area contributed by atoms with Gasteiger partial charge in [0.15, 0.2) is 0 Å². The fourth-order valence-corrected chi connectivity index (χ4v) is 2.45. The lowest BCUT2D eigenvalue weighted by Crippen LogP contribution is -2.58. The highest BCUT2D eigenvalue weighted by molar-refractivity contribution is 5.97. The van der Waals surface area contributed by atoms with Crippen LogP contribution in [0.5, 0.6) is 0 Å². The number of pyridine rings is 1. The van der Waals surface area contributed by atoms with Crippen LogP contribution in [0.15, 0.2) is 23.0 Å². The first-order valence-corrected chi connectivity index (χ1v) is 6.35. The molecule has 0 radical (unpaired) electrons. The summed E-state index contributed by atoms with van der Waals surface area (Å²) in [5.74, 6) is -0.989. The minimum atomic E-state index is -0.984. The molecule has 0 bridgehead atoms. The molecule has 2 rings (SSSR count). The molecule has 0 saturated heterocycles. The van der Waals surface area contributed by atoms with Crippen LogP contribution in [0.4, 0.5) is 0 Å². The molecule has 0 atom stereocenters. The Bertz CT molecular complexity index is 544. The summed E-state index contributed by atoms with van der Waals surface area (Å²) in [6, 6.07) is 4.31. The number of aromatic nitrogens is 1. The van der Waals surface area contributed by atoms with Gasteiger partial charge in [-0.1, -0.05) is 25.3 Å². The molecule has 6 nitrogen and oxygen atoms in total. The Labute approximate surface area is 110 Å². The van der Waals surface area contributed by atoms with Crippen molar-refractivity contribution >= 4 is 11.8 Å². The normalized spacial score (nSPS) is 17.7. The van der Waals surface area contributed by atoms with E-state index in [9.17, 15) is 14.4 Å². The molecule has 1 aliphatic rings. The number of aromatic amines is 1. The Morgan fingerprint density at radius 1 is 1.21 bits per heavy atom. The Morgan fingerprint density at radius 3 is 2.47 bits per heavy atom. The van der Waals surface area contributed by atoms with E-state index in [1.807, 2.05) is 0 Å². The number of primary amides is 1. The molecule has 102 valence electrons. The first kappa shape index (κ1) is 13.3. The van der Waals surface area contributed by atoms with Gasteiger partial charge in [0.25, 0.3) is 5.91 Å². The molecular formula is C13H17N3O3. The van der Waals surface area contributed by atoms with Gasteiger partial charge in [-0.3, -0.25) is 14.4 Å². The number of carbonyl (C=O) groups is 2. The highest BCUT2D eigenvalue weighted by atomic mass is 16.2. The molecular weight excluding hydrogens is 246 g/mol. The SMILES string of the molecule is NC(=O)C1(NC(=O)c2cccc(=O)[nH]2)CCCCC1. The lowest BCUT2D eigenvalue weighted by atomic mass is 9.81. The van der Waals surface area contributed by atoms with Crippen LogP contribution >= 0.6 is 0 Å². The fraction of sp³-hybridized carbons (Fsp3) is 0.462. The zero-order valence-electron chi connectivity index (χ0n) is 10.6. The van der Waals surface area contributed by atoms with E-state index in [0.29, 0.717) is 12.8 Å². The average Bonchev–Trinajstić information content (AvgIpc) is 2.39. The molecule has 0 aliphatic heterocycles. The van der Waals surface area contributed by atoms with Crippen LogP contribution in [0.1, 0.15) is 42.6 Å². The number of hydrogen-bond acceptors (Lipinski definition) is 3. The number of nitrogens with two attached hydrogens (primary N) is 1. The highest BCUT2D eigenvalue weighted by Crippen LogP contribution is 2.28. The van der Waals surface area contributed by atoms with E-state index in [-0.39, 0.29) is 11.3 Å². The zero-order chi connectivity index (χ0) is 13.9. The van der Waals surface area contributed by atoms with Gasteiger partial charge in [0.2, 0.25) is 11.5 Å². The van der Waals surface area contributed by atoms with E-state index in [2.05, 4.69) is 10.3 Å². The standard InChI is InChI=1S/C13H17N3O3/c14-12(19)13(7-2-1-3-8-13)16-11(18)9-5-4-6-10(17)15-9/h4-6H,1-3,7-8H2,(H2,14,19)(H,15,17)(H,16,18). The maximum absolute atomic E-state index is 12.1. The number of amides is 2. The van der Waals surface area contributed by atoms with Gasteiger partial charge in [-0.15, -0.1) is 0 Å². The highest BCUT2D eigenvalue weighted by Gasteiger charge is 2.39. The molecule has 4 N–H and O–H groups in total. The molecule has 1 heterocycles. The summed E-state index contributed by atoms with van der Waals surface area (Å²) in [5.41, 5.74) is 4.23. The van der Waals surface area contributed by atoms with Crippen molar-refractivity contribution in [3.63, 3.8) is 0 Å². The van der Waals surface area contributed by atoms with Crippen LogP contribution < -0.4 is 16.6 Å². The van der Waals surface area contributed by atoms with E-state index < -0.39 is 17.4 Å². The van der Waals surface area contributed by atoms with Crippen LogP contribution in [0.25, 0.3) is 0 Å². The summed E-state index contributed by atoms with van der Waals surface area (Å²) in [6.07, 6.45) is 3.84. The van der Waals surface area contributed by atoms with Crippen molar-refractivity contribution < 1.29 is 9.59 Å². The van der Waals surface area contributed by atoms with E-state index in [4.69, 9.17) is 5.73 Å². The van der Waals surface area contributed by atoms with Gasteiger partial charge in [0.1, 0.15) is 11.2 Å². The lowest BCUT2D eigenvalue weighted by molar-refractivity contribution is -0.125. The van der Waals surface area contributed by atoms with Gasteiger partial charge in [0, 0.05) is 6.07 Å². The first-order valence-electron chi connectivity index (χ1n) is 6.35. The topological polar surface area (TPSA) is 105 Å². The predicted octanol–water partition coefficient (Wildman–Crippen LogP) is 0.293. The van der Waals surface area contributed by atoms with Crippen molar-refractivity contribution in [1.82, 2.24) is 10.3 Å². The number of carbonyl (C=O) groups excluding carboxylic acids is 2. The van der Waals surface area contributed by atoms with Gasteiger partial charge < -0.3 is 16.0 Å². The largest absolute Gasteiger partial charge is 0.368 e. The number of nitrogens with one attached hydrogen (secondary N) is 2. The second kappa shape index (κ2) is 5.26. The summed E-state index contributed by atoms with van der Waals surface area (Å²) in [6.45, 7) is 0. The van der Waals surface area contributed by atoms with Gasteiger partial charge in [-0.25, -0.2) is 0 Å². The van der Waals surface area contributed by atoms with Crippen LogP contribution in [-0.2, 0) is 4.79 Å². The number of rotatable bonds is 3. The summed E-state index contributed by atoms with van der Waals surface area (Å²) < 4.78 is 0. The van der Waals surface area contributed by atoms with Crippen LogP contribution in [0, 0.1) is 0 Å². The van der Waals surface area contributed by atoms with Crippen molar-refractivity contribution in [2.24, 2.45) is 5.73 Å². The molecule has 0 aromatic carbocycles. The second-order valence-corrected chi connectivity index (χ2v) is 4.89. The van der Waals surface area contributed by atoms with E-state index in [1.165, 1.54) is 18.2 Å². The smallest absolute Gasteiger partial charge is 0.268 e. The van der Waals surface area contributed by atoms with Crippen LogP contribution in [0.3, 0.4) is 0 Å². The quantitative estimate of drug-likeness (QED) is 0.730. The maximum atomic E-state index is 12.1. The Morgan fingerprint density at radius 2 is 1.89 bits per heavy atom. The number of hydrogen-bond donors (Lipinski definition) is 3. The third-order valence-corrected chi connectivity index (χ3v) is 3.54. The van der Waals surface area contributed by atoms with Crippen LogP contribution in [0.2, 0.25) is 0 Å². The van der Waals surface area contributed by atoms with Crippen molar-refractivity contribution in [3.05, 3.63) is 34.2 Å². The monoisotopic (exact) mass is 263 g/mol. The minimum Gasteiger partial charge on any atom is -0.368 e. The van der Waals surface area contributed by atoms with Gasteiger partial charge in [-0.2, -0.15) is 0 Å². The molecule has 1 fully saturated rings. The molecule has 6 heteroatoms. The van der Waals surface area contributed by atoms with Crippen molar-refractivity contribution in [1.29, 1.82) is 0 Å². The van der Waals surface area contributed by atoms with E-state index in [0.717, 1.165) is 19.3 Å². The number of H-pyrrole nitrogens is 1. The van der Waals surface area contributed by atoms with Crippen molar-refractivity contribution in [3.8, 4) is 0 Å². The third-order valence-electron chi connectivity index (χ3n) is 3.54. The van der Waals surface area contributed by atoms with Gasteiger partial charge in [-0.05, 0) is 18.9 Å². The zero-order valence-corrected chi connectivity index (χ0v) is 10.6. The fourth-order valence-electron chi connectivity index (χ4n) is 2.45. The second-order valence-electron chi connectivity index (χ2n) is 4.89. The molecule has 0 unspecified atom stereocenters. The van der Waals surface area contributed by atoms with Crippen molar-refractivity contribution in [2.75, 3.05) is 0 Å². The summed E-state index contributed by atoms with van der Waals surface area (Å²) >= 11 is 0. The lowest BCUT2D eigenvalue weighted by Gasteiger charge is -2.34. The van der Waals surface area contributed by atoms with Gasteiger partial charge >= 0.3 is 0 Å². The molecule has 2 amide bonds. The summed E-state index contributed by atoms with van der Waals surface area (Å²) in [5, 5.41) is 2.69. The Kier molecular flexibility index (Phi) is 3.69. The molecule has 0 spiro atoms. The van der Waals surface area contributed by atoms with Gasteiger partial charge in [0.05, 0.1) is 0 Å². The van der Waals surface area contributed by atoms with E-state index >= 15 is 0 Å². The molecule has 1 aromatic heterocycles. The maximum Gasteiger partial charge on any atom is 0.268 e. The molecule has 1 aromatic rings. The molecule has 1 aliphatic carbocycles. The Balaban J connectivity index is 2.20. The predicted molar refractivity (Wildman–Crippen MR) is 69.5 cm³/mol.